The van der Waals surface area contributed by atoms with Gasteiger partial charge in [0.2, 0.25) is 0 Å². The van der Waals surface area contributed by atoms with Crippen molar-refractivity contribution in [3.63, 3.8) is 0 Å². The summed E-state index contributed by atoms with van der Waals surface area (Å²) in [6.07, 6.45) is 5.17. The monoisotopic (exact) mass is 306 g/mol. The highest BCUT2D eigenvalue weighted by atomic mass is 16.5. The topological polar surface area (TPSA) is 26.3 Å². The molecule has 4 rings (SSSR count). The van der Waals surface area contributed by atoms with Crippen molar-refractivity contribution < 1.29 is 9.53 Å². The van der Waals surface area contributed by atoms with Gasteiger partial charge < -0.3 is 4.74 Å². The van der Waals surface area contributed by atoms with E-state index >= 15 is 0 Å². The van der Waals surface area contributed by atoms with E-state index in [2.05, 4.69) is 18.2 Å². The first kappa shape index (κ1) is 14.5. The van der Waals surface area contributed by atoms with Gasteiger partial charge in [-0.2, -0.15) is 0 Å². The van der Waals surface area contributed by atoms with Gasteiger partial charge in [0.05, 0.1) is 7.11 Å². The zero-order valence-corrected chi connectivity index (χ0v) is 13.5. The van der Waals surface area contributed by atoms with Gasteiger partial charge in [0.15, 0.2) is 5.78 Å². The summed E-state index contributed by atoms with van der Waals surface area (Å²) in [6.45, 7) is 0. The van der Waals surface area contributed by atoms with E-state index < -0.39 is 0 Å². The molecule has 2 aliphatic carbocycles. The highest BCUT2D eigenvalue weighted by Gasteiger charge is 2.47. The Morgan fingerprint density at radius 2 is 1.70 bits per heavy atom. The Bertz CT molecular complexity index is 722. The second kappa shape index (κ2) is 5.52. The maximum Gasteiger partial charge on any atom is 0.169 e. The third kappa shape index (κ3) is 2.37. The molecule has 0 saturated heterocycles. The molecule has 1 fully saturated rings. The standard InChI is InChI=1S/C21H22O2/c1-23-18-8-6-15(7-9-18)16-10-12-21(13-11-16)14-17-4-2-3-5-19(17)20(21)22/h2-9,16H,10-14H2,1H3. The van der Waals surface area contributed by atoms with Gasteiger partial charge in [0.25, 0.3) is 0 Å². The molecular formula is C21H22O2. The van der Waals surface area contributed by atoms with Crippen LogP contribution in [-0.2, 0) is 6.42 Å². The highest BCUT2D eigenvalue weighted by molar-refractivity contribution is 6.05. The van der Waals surface area contributed by atoms with Crippen LogP contribution < -0.4 is 4.74 Å². The van der Waals surface area contributed by atoms with Gasteiger partial charge in [0, 0.05) is 11.0 Å². The molecule has 2 aliphatic rings. The third-order valence-electron chi connectivity index (χ3n) is 5.80. The van der Waals surface area contributed by atoms with Crippen molar-refractivity contribution in [1.82, 2.24) is 0 Å². The molecule has 118 valence electrons. The number of Topliss-reactive ketones (excluding diaryl/α,β-unsaturated/α-hetero) is 1. The van der Waals surface area contributed by atoms with E-state index in [9.17, 15) is 4.79 Å². The normalized spacial score (nSPS) is 26.3. The zero-order chi connectivity index (χ0) is 15.9. The van der Waals surface area contributed by atoms with Gasteiger partial charge in [0.1, 0.15) is 5.75 Å². The molecule has 0 radical (unpaired) electrons. The number of carbonyl (C=O) groups is 1. The molecule has 2 heteroatoms. The van der Waals surface area contributed by atoms with Crippen LogP contribution in [0, 0.1) is 5.41 Å². The predicted molar refractivity (Wildman–Crippen MR) is 91.1 cm³/mol. The minimum atomic E-state index is -0.118. The SMILES string of the molecule is COc1ccc(C2CCC3(CC2)Cc2ccccc2C3=O)cc1. The Morgan fingerprint density at radius 3 is 2.35 bits per heavy atom. The minimum absolute atomic E-state index is 0.118. The summed E-state index contributed by atoms with van der Waals surface area (Å²) in [5.74, 6) is 1.87. The van der Waals surface area contributed by atoms with Crippen LogP contribution in [0.3, 0.4) is 0 Å². The lowest BCUT2D eigenvalue weighted by atomic mass is 9.67. The van der Waals surface area contributed by atoms with Gasteiger partial charge in [-0.25, -0.2) is 0 Å². The summed E-state index contributed by atoms with van der Waals surface area (Å²) in [4.78, 5) is 12.9. The van der Waals surface area contributed by atoms with Crippen molar-refractivity contribution in [3.8, 4) is 5.75 Å². The van der Waals surface area contributed by atoms with E-state index in [1.54, 1.807) is 7.11 Å². The van der Waals surface area contributed by atoms with Crippen molar-refractivity contribution in [2.24, 2.45) is 5.41 Å². The van der Waals surface area contributed by atoms with E-state index in [0.29, 0.717) is 11.7 Å². The first-order chi connectivity index (χ1) is 11.2. The molecule has 2 nitrogen and oxygen atoms in total. The molecule has 0 amide bonds. The van der Waals surface area contributed by atoms with Crippen LogP contribution in [0.5, 0.6) is 5.75 Å². The summed E-state index contributed by atoms with van der Waals surface area (Å²) >= 11 is 0. The average molecular weight is 306 g/mol. The molecule has 0 aliphatic heterocycles. The molecule has 2 aromatic carbocycles. The predicted octanol–water partition coefficient (Wildman–Crippen LogP) is 4.78. The van der Waals surface area contributed by atoms with E-state index in [-0.39, 0.29) is 5.41 Å². The lowest BCUT2D eigenvalue weighted by Crippen LogP contribution is -2.32. The summed E-state index contributed by atoms with van der Waals surface area (Å²) < 4.78 is 5.24. The number of hydrogen-bond acceptors (Lipinski definition) is 2. The van der Waals surface area contributed by atoms with Crippen LogP contribution in [-0.4, -0.2) is 12.9 Å². The first-order valence-electron chi connectivity index (χ1n) is 8.48. The van der Waals surface area contributed by atoms with E-state index in [0.717, 1.165) is 43.4 Å². The molecule has 2 aromatic rings. The minimum Gasteiger partial charge on any atom is -0.497 e. The Kier molecular flexibility index (Phi) is 3.48. The van der Waals surface area contributed by atoms with E-state index in [1.165, 1.54) is 11.1 Å². The van der Waals surface area contributed by atoms with E-state index in [1.807, 2.05) is 30.3 Å². The first-order valence-corrected chi connectivity index (χ1v) is 8.48. The Balaban J connectivity index is 1.50. The maximum atomic E-state index is 12.9. The third-order valence-corrected chi connectivity index (χ3v) is 5.80. The van der Waals surface area contributed by atoms with Gasteiger partial charge in [-0.15, -0.1) is 0 Å². The molecule has 1 saturated carbocycles. The smallest absolute Gasteiger partial charge is 0.169 e. The van der Waals surface area contributed by atoms with Crippen molar-refractivity contribution in [3.05, 3.63) is 65.2 Å². The largest absolute Gasteiger partial charge is 0.497 e. The number of ether oxygens (including phenoxy) is 1. The number of ketones is 1. The summed E-state index contributed by atoms with van der Waals surface area (Å²) in [7, 11) is 1.70. The van der Waals surface area contributed by atoms with Crippen LogP contribution in [0.4, 0.5) is 0 Å². The molecular weight excluding hydrogens is 284 g/mol. The number of fused-ring (bicyclic) bond motifs is 1. The van der Waals surface area contributed by atoms with Gasteiger partial charge >= 0.3 is 0 Å². The number of methoxy groups -OCH3 is 1. The van der Waals surface area contributed by atoms with Crippen molar-refractivity contribution in [1.29, 1.82) is 0 Å². The van der Waals surface area contributed by atoms with Gasteiger partial charge in [-0.05, 0) is 61.3 Å². The number of hydrogen-bond donors (Lipinski definition) is 0. The van der Waals surface area contributed by atoms with E-state index in [4.69, 9.17) is 4.74 Å². The van der Waals surface area contributed by atoms with Crippen LogP contribution >= 0.6 is 0 Å². The molecule has 0 aromatic heterocycles. The molecule has 0 unspecified atom stereocenters. The molecule has 23 heavy (non-hydrogen) atoms. The molecule has 0 N–H and O–H groups in total. The van der Waals surface area contributed by atoms with Crippen LogP contribution in [0.1, 0.15) is 53.1 Å². The van der Waals surface area contributed by atoms with Gasteiger partial charge in [-0.3, -0.25) is 4.79 Å². The fourth-order valence-electron chi connectivity index (χ4n) is 4.41. The second-order valence-electron chi connectivity index (χ2n) is 6.99. The van der Waals surface area contributed by atoms with Gasteiger partial charge in [-0.1, -0.05) is 36.4 Å². The van der Waals surface area contributed by atoms with Crippen molar-refractivity contribution in [2.45, 2.75) is 38.0 Å². The molecule has 0 bridgehead atoms. The summed E-state index contributed by atoms with van der Waals surface area (Å²) in [5, 5.41) is 0. The molecule has 0 atom stereocenters. The Labute approximate surface area is 137 Å². The Morgan fingerprint density at radius 1 is 1.00 bits per heavy atom. The number of benzene rings is 2. The van der Waals surface area contributed by atoms with Crippen LogP contribution in [0.2, 0.25) is 0 Å². The summed E-state index contributed by atoms with van der Waals surface area (Å²) in [6, 6.07) is 16.6. The number of carbonyl (C=O) groups excluding carboxylic acids is 1. The zero-order valence-electron chi connectivity index (χ0n) is 13.5. The fraction of sp³-hybridized carbons (Fsp3) is 0.381. The van der Waals surface area contributed by atoms with Crippen LogP contribution in [0.25, 0.3) is 0 Å². The maximum absolute atomic E-state index is 12.9. The lowest BCUT2D eigenvalue weighted by Gasteiger charge is -2.36. The Hall–Kier alpha value is -2.09. The quantitative estimate of drug-likeness (QED) is 0.798. The highest BCUT2D eigenvalue weighted by Crippen LogP contribution is 2.50. The lowest BCUT2D eigenvalue weighted by molar-refractivity contribution is 0.0734. The summed E-state index contributed by atoms with van der Waals surface area (Å²) in [5.41, 5.74) is 3.48. The average Bonchev–Trinajstić information content (AvgIpc) is 2.88. The number of rotatable bonds is 2. The molecule has 1 spiro atoms. The fourth-order valence-corrected chi connectivity index (χ4v) is 4.41. The van der Waals surface area contributed by atoms with Crippen molar-refractivity contribution >= 4 is 5.78 Å². The molecule has 0 heterocycles. The van der Waals surface area contributed by atoms with Crippen molar-refractivity contribution in [2.75, 3.05) is 7.11 Å². The van der Waals surface area contributed by atoms with Crippen LogP contribution in [0.15, 0.2) is 48.5 Å². The second-order valence-corrected chi connectivity index (χ2v) is 6.99.